The molecule has 26 heavy (non-hydrogen) atoms. The first-order valence-corrected chi connectivity index (χ1v) is 9.52. The molecule has 0 bridgehead atoms. The number of nitrogens with zero attached hydrogens (tertiary/aromatic N) is 1. The van der Waals surface area contributed by atoms with E-state index in [1.54, 1.807) is 12.1 Å². The Morgan fingerprint density at radius 1 is 1.04 bits per heavy atom. The number of rotatable bonds is 6. The lowest BCUT2D eigenvalue weighted by Crippen LogP contribution is -2.19. The molecule has 138 valence electrons. The maximum atomic E-state index is 12.0. The van der Waals surface area contributed by atoms with Gasteiger partial charge in [0.2, 0.25) is 11.8 Å². The van der Waals surface area contributed by atoms with Crippen LogP contribution in [0.2, 0.25) is 5.02 Å². The summed E-state index contributed by atoms with van der Waals surface area (Å²) >= 11 is 7.17. The Bertz CT molecular complexity index is 756. The number of carbonyl (C=O) groups excluding carboxylic acids is 2. The highest BCUT2D eigenvalue weighted by Crippen LogP contribution is 2.22. The van der Waals surface area contributed by atoms with Gasteiger partial charge in [-0.05, 0) is 41.8 Å². The van der Waals surface area contributed by atoms with E-state index in [4.69, 9.17) is 11.6 Å². The second-order valence-corrected chi connectivity index (χ2v) is 8.49. The summed E-state index contributed by atoms with van der Waals surface area (Å²) in [7, 11) is 0. The van der Waals surface area contributed by atoms with E-state index < -0.39 is 0 Å². The lowest BCUT2D eigenvalue weighted by Gasteiger charge is -2.17. The largest absolute Gasteiger partial charge is 0.326 e. The van der Waals surface area contributed by atoms with Crippen molar-refractivity contribution in [3.63, 3.8) is 0 Å². The molecular weight excluding hydrogens is 370 g/mol. The van der Waals surface area contributed by atoms with E-state index in [2.05, 4.69) is 15.6 Å². The van der Waals surface area contributed by atoms with Crippen LogP contribution in [0.1, 0.15) is 27.2 Å². The van der Waals surface area contributed by atoms with E-state index in [1.807, 2.05) is 45.0 Å². The molecular formula is C19H22ClN3O2S. The van der Waals surface area contributed by atoms with Crippen LogP contribution >= 0.6 is 23.4 Å². The van der Waals surface area contributed by atoms with Crippen LogP contribution in [-0.4, -0.2) is 22.6 Å². The standard InChI is InChI=1S/C19H22ClN3O2S/c1-19(2,3)10-17(24)22-14-5-7-15(8-6-14)26-12-18(25)23-16-9-4-13(20)11-21-16/h4-9,11H,10,12H2,1-3H3,(H,22,24)(H,21,23,25). The van der Waals surface area contributed by atoms with Crippen molar-refractivity contribution in [2.45, 2.75) is 32.1 Å². The van der Waals surface area contributed by atoms with Crippen molar-refractivity contribution >= 4 is 46.7 Å². The van der Waals surface area contributed by atoms with E-state index >= 15 is 0 Å². The molecule has 0 atom stereocenters. The maximum absolute atomic E-state index is 12.0. The van der Waals surface area contributed by atoms with Crippen LogP contribution in [0.25, 0.3) is 0 Å². The number of amides is 2. The lowest BCUT2D eigenvalue weighted by molar-refractivity contribution is -0.118. The Labute approximate surface area is 162 Å². The number of aromatic nitrogens is 1. The average molecular weight is 392 g/mol. The molecule has 0 unspecified atom stereocenters. The number of benzene rings is 1. The van der Waals surface area contributed by atoms with Crippen molar-refractivity contribution in [3.05, 3.63) is 47.6 Å². The fourth-order valence-corrected chi connectivity index (χ4v) is 2.91. The third kappa shape index (κ3) is 7.45. The summed E-state index contributed by atoms with van der Waals surface area (Å²) in [6, 6.07) is 10.8. The molecule has 2 aromatic rings. The molecule has 1 aromatic heterocycles. The first-order chi connectivity index (χ1) is 12.2. The Balaban J connectivity index is 1.80. The fourth-order valence-electron chi connectivity index (χ4n) is 2.10. The monoisotopic (exact) mass is 391 g/mol. The molecule has 0 radical (unpaired) electrons. The van der Waals surface area contributed by atoms with Crippen LogP contribution in [0.15, 0.2) is 47.5 Å². The van der Waals surface area contributed by atoms with Crippen LogP contribution in [0.5, 0.6) is 0 Å². The summed E-state index contributed by atoms with van der Waals surface area (Å²) < 4.78 is 0. The summed E-state index contributed by atoms with van der Waals surface area (Å²) in [6.07, 6.45) is 1.94. The van der Waals surface area contributed by atoms with E-state index in [0.717, 1.165) is 10.6 Å². The van der Waals surface area contributed by atoms with Crippen molar-refractivity contribution in [1.29, 1.82) is 0 Å². The number of anilines is 2. The Kier molecular flexibility index (Phi) is 7.06. The van der Waals surface area contributed by atoms with Gasteiger partial charge >= 0.3 is 0 Å². The second-order valence-electron chi connectivity index (χ2n) is 7.01. The predicted octanol–water partition coefficient (Wildman–Crippen LogP) is 4.84. The van der Waals surface area contributed by atoms with Crippen LogP contribution in [0.3, 0.4) is 0 Å². The van der Waals surface area contributed by atoms with E-state index in [1.165, 1.54) is 18.0 Å². The summed E-state index contributed by atoms with van der Waals surface area (Å²) in [4.78, 5) is 28.9. The Morgan fingerprint density at radius 3 is 2.31 bits per heavy atom. The van der Waals surface area contributed by atoms with E-state index in [-0.39, 0.29) is 23.0 Å². The number of hydrogen-bond donors (Lipinski definition) is 2. The first-order valence-electron chi connectivity index (χ1n) is 8.15. The first kappa shape index (κ1) is 20.3. The average Bonchev–Trinajstić information content (AvgIpc) is 2.54. The van der Waals surface area contributed by atoms with Crippen molar-refractivity contribution in [3.8, 4) is 0 Å². The predicted molar refractivity (Wildman–Crippen MR) is 108 cm³/mol. The van der Waals surface area contributed by atoms with Gasteiger partial charge in [0.1, 0.15) is 5.82 Å². The molecule has 2 rings (SSSR count). The molecule has 1 aromatic carbocycles. The Morgan fingerprint density at radius 2 is 1.73 bits per heavy atom. The zero-order valence-electron chi connectivity index (χ0n) is 15.0. The highest BCUT2D eigenvalue weighted by Gasteiger charge is 2.15. The van der Waals surface area contributed by atoms with Crippen LogP contribution in [0, 0.1) is 5.41 Å². The zero-order valence-corrected chi connectivity index (χ0v) is 16.6. The zero-order chi connectivity index (χ0) is 19.2. The third-order valence-electron chi connectivity index (χ3n) is 3.19. The molecule has 7 heteroatoms. The van der Waals surface area contributed by atoms with Gasteiger partial charge < -0.3 is 10.6 Å². The van der Waals surface area contributed by atoms with Gasteiger partial charge in [-0.15, -0.1) is 11.8 Å². The van der Waals surface area contributed by atoms with Crippen molar-refractivity contribution in [1.82, 2.24) is 4.98 Å². The molecule has 0 saturated heterocycles. The van der Waals surface area contributed by atoms with Crippen molar-refractivity contribution in [2.75, 3.05) is 16.4 Å². The SMILES string of the molecule is CC(C)(C)CC(=O)Nc1ccc(SCC(=O)Nc2ccc(Cl)cn2)cc1. The number of nitrogens with one attached hydrogen (secondary N) is 2. The van der Waals surface area contributed by atoms with Gasteiger partial charge in [0.05, 0.1) is 10.8 Å². The van der Waals surface area contributed by atoms with E-state index in [9.17, 15) is 9.59 Å². The van der Waals surface area contributed by atoms with Gasteiger partial charge in [-0.1, -0.05) is 32.4 Å². The smallest absolute Gasteiger partial charge is 0.235 e. The number of hydrogen-bond acceptors (Lipinski definition) is 4. The molecule has 0 aliphatic carbocycles. The topological polar surface area (TPSA) is 71.1 Å². The fraction of sp³-hybridized carbons (Fsp3) is 0.316. The van der Waals surface area contributed by atoms with Gasteiger partial charge in [0.25, 0.3) is 0 Å². The van der Waals surface area contributed by atoms with Gasteiger partial charge in [0, 0.05) is 23.2 Å². The van der Waals surface area contributed by atoms with Crippen LogP contribution in [0.4, 0.5) is 11.5 Å². The van der Waals surface area contributed by atoms with Gasteiger partial charge in [-0.2, -0.15) is 0 Å². The van der Waals surface area contributed by atoms with E-state index in [0.29, 0.717) is 17.3 Å². The van der Waals surface area contributed by atoms with Crippen LogP contribution in [-0.2, 0) is 9.59 Å². The summed E-state index contributed by atoms with van der Waals surface area (Å²) in [5.41, 5.74) is 0.699. The summed E-state index contributed by atoms with van der Waals surface area (Å²) in [5.74, 6) is 0.581. The minimum absolute atomic E-state index is 0.00672. The van der Waals surface area contributed by atoms with Crippen molar-refractivity contribution < 1.29 is 9.59 Å². The Hall–Kier alpha value is -2.05. The van der Waals surface area contributed by atoms with Gasteiger partial charge in [0.15, 0.2) is 0 Å². The molecule has 0 saturated carbocycles. The second kappa shape index (κ2) is 9.05. The number of pyridine rings is 1. The summed E-state index contributed by atoms with van der Waals surface area (Å²) in [6.45, 7) is 6.07. The molecule has 2 amide bonds. The minimum Gasteiger partial charge on any atom is -0.326 e. The molecule has 0 aliphatic heterocycles. The quantitative estimate of drug-likeness (QED) is 0.691. The van der Waals surface area contributed by atoms with Gasteiger partial charge in [-0.25, -0.2) is 4.98 Å². The normalized spacial score (nSPS) is 11.1. The number of halogens is 1. The highest BCUT2D eigenvalue weighted by molar-refractivity contribution is 8.00. The molecule has 1 heterocycles. The minimum atomic E-state index is -0.146. The molecule has 2 N–H and O–H groups in total. The molecule has 0 aliphatic rings. The molecule has 0 spiro atoms. The molecule has 5 nitrogen and oxygen atoms in total. The number of carbonyl (C=O) groups is 2. The van der Waals surface area contributed by atoms with Crippen molar-refractivity contribution in [2.24, 2.45) is 5.41 Å². The molecule has 0 fully saturated rings. The maximum Gasteiger partial charge on any atom is 0.235 e. The lowest BCUT2D eigenvalue weighted by atomic mass is 9.92. The summed E-state index contributed by atoms with van der Waals surface area (Å²) in [5, 5.41) is 6.11. The third-order valence-corrected chi connectivity index (χ3v) is 4.43. The number of thioether (sulfide) groups is 1. The van der Waals surface area contributed by atoms with Gasteiger partial charge in [-0.3, -0.25) is 9.59 Å². The van der Waals surface area contributed by atoms with Crippen LogP contribution < -0.4 is 10.6 Å². The highest BCUT2D eigenvalue weighted by atomic mass is 35.5.